The zero-order valence-corrected chi connectivity index (χ0v) is 10.8. The van der Waals surface area contributed by atoms with Gasteiger partial charge in [-0.05, 0) is 17.4 Å². The average Bonchev–Trinajstić information content (AvgIpc) is 3.09. The molecule has 1 aromatic rings. The molecule has 2 rings (SSSR count). The van der Waals surface area contributed by atoms with Gasteiger partial charge in [-0.1, -0.05) is 45.0 Å². The van der Waals surface area contributed by atoms with Crippen LogP contribution in [0.15, 0.2) is 24.3 Å². The van der Waals surface area contributed by atoms with Gasteiger partial charge in [-0.3, -0.25) is 4.79 Å². The predicted molar refractivity (Wildman–Crippen MR) is 68.4 cm³/mol. The van der Waals surface area contributed by atoms with Gasteiger partial charge in [0.15, 0.2) is 5.78 Å². The van der Waals surface area contributed by atoms with E-state index in [2.05, 4.69) is 32.9 Å². The van der Waals surface area contributed by atoms with Crippen LogP contribution in [0.4, 0.5) is 0 Å². The number of ketones is 1. The van der Waals surface area contributed by atoms with E-state index in [-0.39, 0.29) is 11.2 Å². The first-order valence-corrected chi connectivity index (χ1v) is 6.22. The number of Topliss-reactive ketones (excluding diaryl/α,β-unsaturated/α-hetero) is 1. The van der Waals surface area contributed by atoms with Crippen LogP contribution in [0.2, 0.25) is 0 Å². The van der Waals surface area contributed by atoms with E-state index < -0.39 is 0 Å². The number of epoxide rings is 1. The summed E-state index contributed by atoms with van der Waals surface area (Å²) in [4.78, 5) is 11.9. The molecule has 0 aliphatic carbocycles. The van der Waals surface area contributed by atoms with Crippen LogP contribution in [-0.2, 0) is 10.2 Å². The molecule has 1 saturated heterocycles. The summed E-state index contributed by atoms with van der Waals surface area (Å²) in [6.45, 7) is 7.35. The summed E-state index contributed by atoms with van der Waals surface area (Å²) < 4.78 is 5.11. The Kier molecular flexibility index (Phi) is 3.34. The number of benzene rings is 1. The maximum absolute atomic E-state index is 11.9. The lowest BCUT2D eigenvalue weighted by Crippen LogP contribution is -2.11. The van der Waals surface area contributed by atoms with Gasteiger partial charge >= 0.3 is 0 Å². The fraction of sp³-hybridized carbons (Fsp3) is 0.533. The van der Waals surface area contributed by atoms with Gasteiger partial charge in [-0.25, -0.2) is 0 Å². The van der Waals surface area contributed by atoms with Crippen LogP contribution in [0.25, 0.3) is 0 Å². The van der Waals surface area contributed by atoms with E-state index in [9.17, 15) is 4.79 Å². The zero-order chi connectivity index (χ0) is 12.5. The second-order valence-electron chi connectivity index (χ2n) is 5.74. The molecule has 92 valence electrons. The molecule has 0 amide bonds. The van der Waals surface area contributed by atoms with E-state index in [1.807, 2.05) is 12.1 Å². The normalized spacial score (nSPS) is 19.1. The molecule has 1 heterocycles. The molecular formula is C15H20O2. The third-order valence-corrected chi connectivity index (χ3v) is 3.17. The Morgan fingerprint density at radius 2 is 1.88 bits per heavy atom. The van der Waals surface area contributed by atoms with Crippen LogP contribution in [0.3, 0.4) is 0 Å². The lowest BCUT2D eigenvalue weighted by atomic mass is 9.86. The molecule has 0 N–H and O–H groups in total. The van der Waals surface area contributed by atoms with Crippen LogP contribution in [-0.4, -0.2) is 18.5 Å². The van der Waals surface area contributed by atoms with E-state index in [4.69, 9.17) is 4.74 Å². The number of hydrogen-bond acceptors (Lipinski definition) is 2. The SMILES string of the molecule is CC(C)(C)c1ccc(C(=O)CCC2CO2)cc1. The third-order valence-electron chi connectivity index (χ3n) is 3.17. The highest BCUT2D eigenvalue weighted by molar-refractivity contribution is 5.96. The Morgan fingerprint density at radius 3 is 2.35 bits per heavy atom. The van der Waals surface area contributed by atoms with Crippen LogP contribution in [0.5, 0.6) is 0 Å². The van der Waals surface area contributed by atoms with Crippen molar-refractivity contribution in [1.29, 1.82) is 0 Å². The Hall–Kier alpha value is -1.15. The van der Waals surface area contributed by atoms with Gasteiger partial charge in [0.1, 0.15) is 0 Å². The van der Waals surface area contributed by atoms with E-state index in [0.717, 1.165) is 18.6 Å². The van der Waals surface area contributed by atoms with Crippen LogP contribution in [0, 0.1) is 0 Å². The number of carbonyl (C=O) groups excluding carboxylic acids is 1. The van der Waals surface area contributed by atoms with Crippen LogP contribution in [0.1, 0.15) is 49.5 Å². The smallest absolute Gasteiger partial charge is 0.162 e. The summed E-state index contributed by atoms with van der Waals surface area (Å²) in [5.74, 6) is 0.223. The Bertz CT molecular complexity index is 394. The van der Waals surface area contributed by atoms with E-state index in [1.165, 1.54) is 5.56 Å². The first-order valence-electron chi connectivity index (χ1n) is 6.22. The van der Waals surface area contributed by atoms with Crippen LogP contribution < -0.4 is 0 Å². The van der Waals surface area contributed by atoms with E-state index in [1.54, 1.807) is 0 Å². The molecule has 0 aromatic heterocycles. The van der Waals surface area contributed by atoms with Crippen molar-refractivity contribution in [3.63, 3.8) is 0 Å². The molecule has 0 radical (unpaired) electrons. The maximum atomic E-state index is 11.9. The molecule has 0 bridgehead atoms. The minimum Gasteiger partial charge on any atom is -0.373 e. The molecule has 2 nitrogen and oxygen atoms in total. The third kappa shape index (κ3) is 3.40. The molecule has 2 heteroatoms. The topological polar surface area (TPSA) is 29.6 Å². The van der Waals surface area contributed by atoms with E-state index in [0.29, 0.717) is 12.5 Å². The predicted octanol–water partition coefficient (Wildman–Crippen LogP) is 3.35. The lowest BCUT2D eigenvalue weighted by molar-refractivity contribution is 0.0976. The van der Waals surface area contributed by atoms with Crippen LogP contribution >= 0.6 is 0 Å². The summed E-state index contributed by atoms with van der Waals surface area (Å²) >= 11 is 0. The van der Waals surface area contributed by atoms with Gasteiger partial charge in [0.05, 0.1) is 12.7 Å². The highest BCUT2D eigenvalue weighted by Gasteiger charge is 2.23. The zero-order valence-electron chi connectivity index (χ0n) is 10.8. The Balaban J connectivity index is 1.98. The Morgan fingerprint density at radius 1 is 1.29 bits per heavy atom. The van der Waals surface area contributed by atoms with Crippen molar-refractivity contribution in [3.05, 3.63) is 35.4 Å². The van der Waals surface area contributed by atoms with Gasteiger partial charge in [-0.15, -0.1) is 0 Å². The van der Waals surface area contributed by atoms with Crippen molar-refractivity contribution in [2.75, 3.05) is 6.61 Å². The second-order valence-corrected chi connectivity index (χ2v) is 5.74. The van der Waals surface area contributed by atoms with Crippen molar-refractivity contribution in [1.82, 2.24) is 0 Å². The quantitative estimate of drug-likeness (QED) is 0.588. The molecular weight excluding hydrogens is 212 g/mol. The van der Waals surface area contributed by atoms with Gasteiger partial charge in [0.2, 0.25) is 0 Å². The average molecular weight is 232 g/mol. The first-order chi connectivity index (χ1) is 7.97. The van der Waals surface area contributed by atoms with E-state index >= 15 is 0 Å². The Labute approximate surface area is 103 Å². The standard InChI is InChI=1S/C15H20O2/c1-15(2,3)12-6-4-11(5-7-12)14(16)9-8-13-10-17-13/h4-7,13H,8-10H2,1-3H3. The molecule has 0 spiro atoms. The summed E-state index contributed by atoms with van der Waals surface area (Å²) in [6, 6.07) is 8.00. The molecule has 1 aliphatic heterocycles. The first kappa shape index (κ1) is 12.3. The van der Waals surface area contributed by atoms with Crippen molar-refractivity contribution >= 4 is 5.78 Å². The minimum absolute atomic E-state index is 0.142. The number of hydrogen-bond donors (Lipinski definition) is 0. The molecule has 1 unspecified atom stereocenters. The molecule has 1 atom stereocenters. The lowest BCUT2D eigenvalue weighted by Gasteiger charge is -2.18. The largest absolute Gasteiger partial charge is 0.373 e. The molecule has 1 aliphatic rings. The monoisotopic (exact) mass is 232 g/mol. The molecule has 0 saturated carbocycles. The summed E-state index contributed by atoms with van der Waals surface area (Å²) in [5.41, 5.74) is 2.22. The number of ether oxygens (including phenoxy) is 1. The summed E-state index contributed by atoms with van der Waals surface area (Å²) in [6.07, 6.45) is 1.80. The number of rotatable bonds is 4. The van der Waals surface area contributed by atoms with Crippen molar-refractivity contribution in [3.8, 4) is 0 Å². The molecule has 1 fully saturated rings. The fourth-order valence-corrected chi connectivity index (χ4v) is 1.83. The minimum atomic E-state index is 0.142. The number of carbonyl (C=O) groups is 1. The van der Waals surface area contributed by atoms with Crippen molar-refractivity contribution < 1.29 is 9.53 Å². The van der Waals surface area contributed by atoms with Gasteiger partial charge in [-0.2, -0.15) is 0 Å². The molecule has 17 heavy (non-hydrogen) atoms. The molecule has 1 aromatic carbocycles. The van der Waals surface area contributed by atoms with Crippen molar-refractivity contribution in [2.45, 2.75) is 45.1 Å². The van der Waals surface area contributed by atoms with Gasteiger partial charge in [0.25, 0.3) is 0 Å². The summed E-state index contributed by atoms with van der Waals surface area (Å²) in [5, 5.41) is 0. The summed E-state index contributed by atoms with van der Waals surface area (Å²) in [7, 11) is 0. The maximum Gasteiger partial charge on any atom is 0.162 e. The highest BCUT2D eigenvalue weighted by atomic mass is 16.6. The van der Waals surface area contributed by atoms with Crippen molar-refractivity contribution in [2.24, 2.45) is 0 Å². The second kappa shape index (κ2) is 4.61. The fourth-order valence-electron chi connectivity index (χ4n) is 1.83. The highest BCUT2D eigenvalue weighted by Crippen LogP contribution is 2.23. The van der Waals surface area contributed by atoms with Gasteiger partial charge < -0.3 is 4.74 Å². The van der Waals surface area contributed by atoms with Gasteiger partial charge in [0, 0.05) is 12.0 Å².